The Balaban J connectivity index is 2.36. The Hall–Kier alpha value is -1.58. The van der Waals surface area contributed by atoms with E-state index in [2.05, 4.69) is 0 Å². The monoisotopic (exact) mass is 290 g/mol. The number of hydrogen-bond acceptors (Lipinski definition) is 5. The summed E-state index contributed by atoms with van der Waals surface area (Å²) < 4.78 is 38.6. The van der Waals surface area contributed by atoms with Gasteiger partial charge in [-0.05, 0) is 12.5 Å². The minimum atomic E-state index is -3.93. The molecule has 0 spiro atoms. The van der Waals surface area contributed by atoms with Gasteiger partial charge in [0, 0.05) is 25.2 Å². The lowest BCUT2D eigenvalue weighted by molar-refractivity contribution is -0.387. The number of β-amino-alcohol motifs (C(OH)–C–C–N with tert-alkyl or cyclic N) is 1. The van der Waals surface area contributed by atoms with Crippen molar-refractivity contribution in [2.24, 2.45) is 0 Å². The molecule has 0 bridgehead atoms. The number of nitro benzene ring substituents is 1. The van der Waals surface area contributed by atoms with Gasteiger partial charge in [0.25, 0.3) is 0 Å². The average molecular weight is 290 g/mol. The van der Waals surface area contributed by atoms with Crippen molar-refractivity contribution in [1.29, 1.82) is 0 Å². The van der Waals surface area contributed by atoms with Gasteiger partial charge in [-0.15, -0.1) is 0 Å². The minimum absolute atomic E-state index is 0.0546. The number of benzene rings is 1. The number of nitrogens with zero attached hydrogens (tertiary/aromatic N) is 2. The highest BCUT2D eigenvalue weighted by molar-refractivity contribution is 7.89. The topological polar surface area (TPSA) is 101 Å². The van der Waals surface area contributed by atoms with Crippen LogP contribution in [-0.4, -0.2) is 41.9 Å². The Morgan fingerprint density at radius 1 is 1.47 bits per heavy atom. The molecule has 7 nitrogen and oxygen atoms in total. The number of hydrogen-bond donors (Lipinski definition) is 1. The Morgan fingerprint density at radius 3 is 2.63 bits per heavy atom. The fourth-order valence-corrected chi connectivity index (χ4v) is 3.38. The summed E-state index contributed by atoms with van der Waals surface area (Å²) in [6.45, 7) is 0.0864. The van der Waals surface area contributed by atoms with Crippen LogP contribution in [0.4, 0.5) is 10.1 Å². The second-order valence-corrected chi connectivity index (χ2v) is 6.11. The molecule has 0 aromatic heterocycles. The molecule has 0 unspecified atom stereocenters. The zero-order valence-electron chi connectivity index (χ0n) is 9.69. The fraction of sp³-hybridized carbons (Fsp3) is 0.400. The highest BCUT2D eigenvalue weighted by Crippen LogP contribution is 2.25. The predicted molar refractivity (Wildman–Crippen MR) is 62.4 cm³/mol. The van der Waals surface area contributed by atoms with Crippen LogP contribution in [-0.2, 0) is 10.0 Å². The zero-order valence-corrected chi connectivity index (χ0v) is 10.5. The van der Waals surface area contributed by atoms with E-state index in [4.69, 9.17) is 0 Å². The van der Waals surface area contributed by atoms with Crippen LogP contribution < -0.4 is 0 Å². The van der Waals surface area contributed by atoms with Crippen molar-refractivity contribution >= 4 is 15.7 Å². The van der Waals surface area contributed by atoms with Gasteiger partial charge in [-0.3, -0.25) is 10.1 Å². The highest BCUT2D eigenvalue weighted by Gasteiger charge is 2.32. The first-order valence-corrected chi connectivity index (χ1v) is 6.88. The third-order valence-electron chi connectivity index (χ3n) is 2.88. The van der Waals surface area contributed by atoms with E-state index in [0.717, 1.165) is 16.4 Å². The number of sulfonamides is 1. The average Bonchev–Trinajstić information content (AvgIpc) is 2.76. The molecule has 0 amide bonds. The molecule has 2 rings (SSSR count). The summed E-state index contributed by atoms with van der Waals surface area (Å²) in [6, 6.07) is 2.42. The summed E-state index contributed by atoms with van der Waals surface area (Å²) in [5.41, 5.74) is -0.777. The summed E-state index contributed by atoms with van der Waals surface area (Å²) in [5, 5.41) is 19.8. The number of aliphatic hydroxyl groups is 1. The first kappa shape index (κ1) is 13.8. The number of nitro groups is 1. The van der Waals surface area contributed by atoms with Gasteiger partial charge in [-0.1, -0.05) is 0 Å². The molecule has 1 aliphatic rings. The largest absolute Gasteiger partial charge is 0.392 e. The molecule has 0 saturated carbocycles. The van der Waals surface area contributed by atoms with Gasteiger partial charge in [-0.2, -0.15) is 8.70 Å². The lowest BCUT2D eigenvalue weighted by atomic mass is 10.3. The van der Waals surface area contributed by atoms with Crippen molar-refractivity contribution in [2.75, 3.05) is 13.1 Å². The molecule has 0 aliphatic carbocycles. The van der Waals surface area contributed by atoms with Crippen molar-refractivity contribution in [3.8, 4) is 0 Å². The Morgan fingerprint density at radius 2 is 2.16 bits per heavy atom. The molecular weight excluding hydrogens is 279 g/mol. The molecule has 9 heteroatoms. The Kier molecular flexibility index (Phi) is 3.52. The molecule has 1 fully saturated rings. The zero-order chi connectivity index (χ0) is 14.2. The van der Waals surface area contributed by atoms with Crippen LogP contribution in [0.3, 0.4) is 0 Å². The van der Waals surface area contributed by atoms with E-state index in [1.54, 1.807) is 0 Å². The quantitative estimate of drug-likeness (QED) is 0.645. The van der Waals surface area contributed by atoms with Crippen molar-refractivity contribution in [3.63, 3.8) is 0 Å². The normalized spacial score (nSPS) is 20.6. The van der Waals surface area contributed by atoms with Gasteiger partial charge < -0.3 is 5.11 Å². The van der Waals surface area contributed by atoms with Crippen LogP contribution in [0.25, 0.3) is 0 Å². The number of rotatable bonds is 3. The molecule has 19 heavy (non-hydrogen) atoms. The standard InChI is InChI=1S/C10H11FN2O5S/c11-9-5-8(1-2-10(9)13(15)16)19(17,18)12-4-3-7(14)6-12/h1-2,5,7,14H,3-4,6H2/t7-/m1/s1. The maximum absolute atomic E-state index is 13.4. The SMILES string of the molecule is O=[N+]([O-])c1ccc(S(=O)(=O)N2CC[C@@H](O)C2)cc1F. The molecule has 1 N–H and O–H groups in total. The van der Waals surface area contributed by atoms with E-state index in [-0.39, 0.29) is 18.0 Å². The second kappa shape index (κ2) is 4.83. The minimum Gasteiger partial charge on any atom is -0.392 e. The van der Waals surface area contributed by atoms with Crippen molar-refractivity contribution in [3.05, 3.63) is 34.1 Å². The smallest absolute Gasteiger partial charge is 0.304 e. The lowest BCUT2D eigenvalue weighted by Gasteiger charge is -2.15. The third kappa shape index (κ3) is 2.57. The molecule has 1 saturated heterocycles. The van der Waals surface area contributed by atoms with E-state index in [0.29, 0.717) is 12.5 Å². The van der Waals surface area contributed by atoms with Gasteiger partial charge in [0.1, 0.15) is 0 Å². The predicted octanol–water partition coefficient (Wildman–Crippen LogP) is 0.489. The van der Waals surface area contributed by atoms with Gasteiger partial charge in [0.05, 0.1) is 15.9 Å². The van der Waals surface area contributed by atoms with Crippen LogP contribution in [0.1, 0.15) is 6.42 Å². The fourth-order valence-electron chi connectivity index (χ4n) is 1.87. The molecule has 1 heterocycles. The van der Waals surface area contributed by atoms with Gasteiger partial charge >= 0.3 is 5.69 Å². The molecule has 1 atom stereocenters. The van der Waals surface area contributed by atoms with E-state index in [9.17, 15) is 28.0 Å². The second-order valence-electron chi connectivity index (χ2n) is 4.18. The lowest BCUT2D eigenvalue weighted by Crippen LogP contribution is -2.29. The number of aliphatic hydroxyl groups excluding tert-OH is 1. The Labute approximate surface area is 108 Å². The summed E-state index contributed by atoms with van der Waals surface area (Å²) in [7, 11) is -3.93. The van der Waals surface area contributed by atoms with Gasteiger partial charge in [0.2, 0.25) is 15.8 Å². The Bertz CT molecular complexity index is 618. The van der Waals surface area contributed by atoms with E-state index < -0.39 is 32.6 Å². The van der Waals surface area contributed by atoms with Crippen molar-refractivity contribution < 1.29 is 22.8 Å². The highest BCUT2D eigenvalue weighted by atomic mass is 32.2. The summed E-state index contributed by atoms with van der Waals surface area (Å²) >= 11 is 0. The van der Waals surface area contributed by atoms with Crippen LogP contribution in [0.5, 0.6) is 0 Å². The van der Waals surface area contributed by atoms with Gasteiger partial charge in [-0.25, -0.2) is 8.42 Å². The van der Waals surface area contributed by atoms with E-state index in [1.807, 2.05) is 0 Å². The number of halogens is 1. The summed E-state index contributed by atoms with van der Waals surface area (Å²) in [6.07, 6.45) is -0.424. The van der Waals surface area contributed by atoms with Gasteiger partial charge in [0.15, 0.2) is 0 Å². The van der Waals surface area contributed by atoms with Crippen LogP contribution in [0.15, 0.2) is 23.1 Å². The molecule has 1 aliphatic heterocycles. The first-order valence-electron chi connectivity index (χ1n) is 5.44. The summed E-state index contributed by atoms with van der Waals surface area (Å²) in [5.74, 6) is -1.20. The third-order valence-corrected chi connectivity index (χ3v) is 4.74. The van der Waals surface area contributed by atoms with Crippen molar-refractivity contribution in [2.45, 2.75) is 17.4 Å². The van der Waals surface area contributed by atoms with E-state index >= 15 is 0 Å². The summed E-state index contributed by atoms with van der Waals surface area (Å²) in [4.78, 5) is 9.17. The van der Waals surface area contributed by atoms with Crippen molar-refractivity contribution in [1.82, 2.24) is 4.31 Å². The molecule has 1 aromatic carbocycles. The maximum Gasteiger partial charge on any atom is 0.304 e. The van der Waals surface area contributed by atoms with Crippen LogP contribution >= 0.6 is 0 Å². The first-order chi connectivity index (χ1) is 8.82. The molecule has 0 radical (unpaired) electrons. The van der Waals surface area contributed by atoms with E-state index in [1.165, 1.54) is 0 Å². The van der Waals surface area contributed by atoms with Crippen LogP contribution in [0.2, 0.25) is 0 Å². The van der Waals surface area contributed by atoms with Crippen LogP contribution in [0, 0.1) is 15.9 Å². The molecular formula is C10H11FN2O5S. The maximum atomic E-state index is 13.4. The molecule has 1 aromatic rings. The molecule has 104 valence electrons.